The van der Waals surface area contributed by atoms with Gasteiger partial charge in [-0.25, -0.2) is 4.98 Å². The molecule has 74 valence electrons. The van der Waals surface area contributed by atoms with Gasteiger partial charge in [0.25, 0.3) is 0 Å². The minimum atomic E-state index is 0.192. The number of amides is 1. The fourth-order valence-electron chi connectivity index (χ4n) is 1.86. The fourth-order valence-corrected chi connectivity index (χ4v) is 1.97. The maximum atomic E-state index is 10.7. The van der Waals surface area contributed by atoms with E-state index in [1.54, 1.807) is 12.3 Å². The Morgan fingerprint density at radius 1 is 1.57 bits per heavy atom. The van der Waals surface area contributed by atoms with Crippen LogP contribution in [0.5, 0.6) is 0 Å². The van der Waals surface area contributed by atoms with Crippen molar-refractivity contribution in [1.82, 2.24) is 9.88 Å². The van der Waals surface area contributed by atoms with Crippen molar-refractivity contribution in [1.29, 1.82) is 0 Å². The number of hydrogen-bond acceptors (Lipinski definition) is 2. The molecule has 0 radical (unpaired) electrons. The summed E-state index contributed by atoms with van der Waals surface area (Å²) in [5, 5.41) is 0.490. The summed E-state index contributed by atoms with van der Waals surface area (Å²) in [6.45, 7) is 0.844. The van der Waals surface area contributed by atoms with Gasteiger partial charge in [0, 0.05) is 12.7 Å². The van der Waals surface area contributed by atoms with Gasteiger partial charge >= 0.3 is 0 Å². The van der Waals surface area contributed by atoms with Crippen molar-refractivity contribution >= 4 is 18.0 Å². The highest BCUT2D eigenvalue weighted by Gasteiger charge is 2.24. The zero-order valence-corrected chi connectivity index (χ0v) is 8.44. The molecule has 0 N–H and O–H groups in total. The third-order valence-electron chi connectivity index (χ3n) is 2.56. The molecule has 0 aliphatic carbocycles. The van der Waals surface area contributed by atoms with Crippen molar-refractivity contribution in [3.63, 3.8) is 0 Å². The maximum Gasteiger partial charge on any atom is 0.210 e. The van der Waals surface area contributed by atoms with Crippen molar-refractivity contribution in [2.75, 3.05) is 6.54 Å². The second-order valence-corrected chi connectivity index (χ2v) is 3.80. The molecule has 1 saturated heterocycles. The lowest BCUT2D eigenvalue weighted by atomic mass is 10.1. The van der Waals surface area contributed by atoms with Gasteiger partial charge in [-0.15, -0.1) is 0 Å². The normalized spacial score (nSPS) is 21.2. The van der Waals surface area contributed by atoms with Crippen LogP contribution >= 0.6 is 11.6 Å². The van der Waals surface area contributed by atoms with Crippen molar-refractivity contribution in [2.45, 2.75) is 18.9 Å². The lowest BCUT2D eigenvalue weighted by Gasteiger charge is -2.19. The van der Waals surface area contributed by atoms with Crippen LogP contribution < -0.4 is 0 Å². The molecule has 0 bridgehead atoms. The Balaban J connectivity index is 2.21. The highest BCUT2D eigenvalue weighted by molar-refractivity contribution is 6.29. The molecule has 4 heteroatoms. The van der Waals surface area contributed by atoms with Crippen molar-refractivity contribution in [3.8, 4) is 0 Å². The number of likely N-dealkylation sites (tertiary alicyclic amines) is 1. The number of hydrogen-bond donors (Lipinski definition) is 0. The van der Waals surface area contributed by atoms with Gasteiger partial charge in [-0.05, 0) is 24.5 Å². The van der Waals surface area contributed by atoms with Crippen LogP contribution in [-0.2, 0) is 4.79 Å². The largest absolute Gasteiger partial charge is 0.338 e. The van der Waals surface area contributed by atoms with E-state index in [1.807, 2.05) is 11.0 Å². The average molecular weight is 211 g/mol. The van der Waals surface area contributed by atoms with Crippen LogP contribution in [0, 0.1) is 0 Å². The molecule has 1 aromatic rings. The molecule has 0 spiro atoms. The van der Waals surface area contributed by atoms with Gasteiger partial charge in [-0.2, -0.15) is 0 Å². The van der Waals surface area contributed by atoms with Gasteiger partial charge in [0.05, 0.1) is 6.04 Å². The molecular weight excluding hydrogens is 200 g/mol. The standard InChI is InChI=1S/C10H11ClN2O/c11-10-4-3-8(6-12-10)9-2-1-5-13(9)7-14/h3-4,6-7,9H,1-2,5H2. The number of rotatable bonds is 2. The molecule has 1 atom stereocenters. The molecule has 2 rings (SSSR count). The van der Waals surface area contributed by atoms with E-state index in [0.29, 0.717) is 5.15 Å². The first-order valence-electron chi connectivity index (χ1n) is 4.64. The average Bonchev–Trinajstić information content (AvgIpc) is 2.67. The minimum absolute atomic E-state index is 0.192. The van der Waals surface area contributed by atoms with Crippen LogP contribution in [0.4, 0.5) is 0 Å². The Labute approximate surface area is 87.7 Å². The van der Waals surface area contributed by atoms with Crippen LogP contribution in [0.3, 0.4) is 0 Å². The third kappa shape index (κ3) is 1.73. The number of halogens is 1. The van der Waals surface area contributed by atoms with Gasteiger partial charge in [-0.3, -0.25) is 4.79 Å². The second kappa shape index (κ2) is 3.96. The zero-order valence-electron chi connectivity index (χ0n) is 7.69. The molecule has 1 aromatic heterocycles. The van der Waals surface area contributed by atoms with Gasteiger partial charge in [-0.1, -0.05) is 17.7 Å². The first-order chi connectivity index (χ1) is 6.81. The molecular formula is C10H11ClN2O. The molecule has 2 heterocycles. The SMILES string of the molecule is O=CN1CCCC1c1ccc(Cl)nc1. The first-order valence-corrected chi connectivity index (χ1v) is 5.01. The summed E-state index contributed by atoms with van der Waals surface area (Å²) >= 11 is 5.69. The molecule has 1 amide bonds. The van der Waals surface area contributed by atoms with Crippen molar-refractivity contribution < 1.29 is 4.79 Å². The van der Waals surface area contributed by atoms with E-state index in [2.05, 4.69) is 4.98 Å². The van der Waals surface area contributed by atoms with E-state index in [9.17, 15) is 4.79 Å². The zero-order chi connectivity index (χ0) is 9.97. The summed E-state index contributed by atoms with van der Waals surface area (Å²) in [6.07, 6.45) is 4.73. The third-order valence-corrected chi connectivity index (χ3v) is 2.79. The molecule has 1 aliphatic heterocycles. The van der Waals surface area contributed by atoms with Crippen molar-refractivity contribution in [2.24, 2.45) is 0 Å². The van der Waals surface area contributed by atoms with E-state index in [-0.39, 0.29) is 6.04 Å². The minimum Gasteiger partial charge on any atom is -0.338 e. The maximum absolute atomic E-state index is 10.7. The highest BCUT2D eigenvalue weighted by atomic mass is 35.5. The molecule has 1 fully saturated rings. The van der Waals surface area contributed by atoms with Gasteiger partial charge in [0.15, 0.2) is 0 Å². The topological polar surface area (TPSA) is 33.2 Å². The van der Waals surface area contributed by atoms with Gasteiger partial charge < -0.3 is 4.90 Å². The van der Waals surface area contributed by atoms with E-state index < -0.39 is 0 Å². The number of nitrogens with zero attached hydrogens (tertiary/aromatic N) is 2. The van der Waals surface area contributed by atoms with Crippen LogP contribution in [0.2, 0.25) is 5.15 Å². The second-order valence-electron chi connectivity index (χ2n) is 3.42. The Morgan fingerprint density at radius 2 is 2.43 bits per heavy atom. The van der Waals surface area contributed by atoms with Crippen LogP contribution in [0.25, 0.3) is 0 Å². The Kier molecular flexibility index (Phi) is 2.68. The highest BCUT2D eigenvalue weighted by Crippen LogP contribution is 2.30. The number of carbonyl (C=O) groups is 1. The molecule has 14 heavy (non-hydrogen) atoms. The smallest absolute Gasteiger partial charge is 0.210 e. The summed E-state index contributed by atoms with van der Waals surface area (Å²) in [5.74, 6) is 0. The van der Waals surface area contributed by atoms with Crippen molar-refractivity contribution in [3.05, 3.63) is 29.0 Å². The summed E-state index contributed by atoms with van der Waals surface area (Å²) < 4.78 is 0. The van der Waals surface area contributed by atoms with Crippen LogP contribution in [0.15, 0.2) is 18.3 Å². The van der Waals surface area contributed by atoms with E-state index in [0.717, 1.165) is 31.4 Å². The Hall–Kier alpha value is -1.09. The monoisotopic (exact) mass is 210 g/mol. The lowest BCUT2D eigenvalue weighted by Crippen LogP contribution is -2.21. The first kappa shape index (κ1) is 9.46. The number of pyridine rings is 1. The van der Waals surface area contributed by atoms with Crippen LogP contribution in [-0.4, -0.2) is 22.8 Å². The quantitative estimate of drug-likeness (QED) is 0.553. The summed E-state index contributed by atoms with van der Waals surface area (Å²) in [5.41, 5.74) is 1.07. The number of carbonyl (C=O) groups excluding carboxylic acids is 1. The summed E-state index contributed by atoms with van der Waals surface area (Å²) in [4.78, 5) is 16.6. The van der Waals surface area contributed by atoms with Crippen LogP contribution in [0.1, 0.15) is 24.4 Å². The van der Waals surface area contributed by atoms with E-state index in [4.69, 9.17) is 11.6 Å². The Morgan fingerprint density at radius 3 is 3.07 bits per heavy atom. The van der Waals surface area contributed by atoms with E-state index >= 15 is 0 Å². The fraction of sp³-hybridized carbons (Fsp3) is 0.400. The molecule has 0 saturated carbocycles. The molecule has 1 unspecified atom stereocenters. The predicted octanol–water partition coefficient (Wildman–Crippen LogP) is 2.03. The summed E-state index contributed by atoms with van der Waals surface area (Å²) in [6, 6.07) is 3.89. The predicted molar refractivity (Wildman–Crippen MR) is 54.0 cm³/mol. The Bertz CT molecular complexity index is 325. The van der Waals surface area contributed by atoms with Gasteiger partial charge in [0.2, 0.25) is 6.41 Å². The summed E-state index contributed by atoms with van der Waals surface area (Å²) in [7, 11) is 0. The molecule has 0 aromatic carbocycles. The number of aromatic nitrogens is 1. The molecule has 3 nitrogen and oxygen atoms in total. The lowest BCUT2D eigenvalue weighted by molar-refractivity contribution is -0.118. The van der Waals surface area contributed by atoms with Gasteiger partial charge in [0.1, 0.15) is 5.15 Å². The molecule has 1 aliphatic rings. The van der Waals surface area contributed by atoms with E-state index in [1.165, 1.54) is 0 Å².